The van der Waals surface area contributed by atoms with Crippen LogP contribution in [0.1, 0.15) is 25.7 Å². The lowest BCUT2D eigenvalue weighted by Gasteiger charge is -2.50. The quantitative estimate of drug-likeness (QED) is 0.558. The van der Waals surface area contributed by atoms with Crippen LogP contribution in [-0.4, -0.2) is 71.1 Å². The van der Waals surface area contributed by atoms with Crippen LogP contribution in [0.4, 0.5) is 0 Å². The topological polar surface area (TPSA) is 60.8 Å². The van der Waals surface area contributed by atoms with E-state index in [1.165, 1.54) is 38.9 Å². The van der Waals surface area contributed by atoms with Gasteiger partial charge in [0.1, 0.15) is 19.1 Å². The van der Waals surface area contributed by atoms with E-state index in [0.29, 0.717) is 30.8 Å². The molecule has 4 N–H and O–H groups in total. The van der Waals surface area contributed by atoms with Crippen molar-refractivity contribution in [2.24, 2.45) is 11.8 Å². The minimum atomic E-state index is 0.121. The second-order valence-electron chi connectivity index (χ2n) is 7.90. The van der Waals surface area contributed by atoms with Crippen molar-refractivity contribution in [3.63, 3.8) is 0 Å². The lowest BCUT2D eigenvalue weighted by molar-refractivity contribution is -0.922. The highest BCUT2D eigenvalue weighted by Gasteiger charge is 2.55. The van der Waals surface area contributed by atoms with Crippen molar-refractivity contribution >= 4 is 0 Å². The molecule has 0 aromatic carbocycles. The van der Waals surface area contributed by atoms with E-state index in [-0.39, 0.29) is 18.3 Å². The van der Waals surface area contributed by atoms with Crippen LogP contribution in [0, 0.1) is 11.8 Å². The number of fused-ring (bicyclic) bond motifs is 2. The molecule has 1 saturated carbocycles. The third kappa shape index (κ3) is 3.05. The number of rotatable bonds is 3. The Balaban J connectivity index is 1.53. The molecule has 0 bridgehead atoms. The molecule has 3 aliphatic heterocycles. The molecule has 132 valence electrons. The van der Waals surface area contributed by atoms with E-state index in [0.717, 1.165) is 6.42 Å². The molecule has 0 amide bonds. The first-order valence-corrected chi connectivity index (χ1v) is 9.44. The van der Waals surface area contributed by atoms with Gasteiger partial charge in [0.05, 0.1) is 44.8 Å². The minimum absolute atomic E-state index is 0.121. The van der Waals surface area contributed by atoms with E-state index >= 15 is 0 Å². The van der Waals surface area contributed by atoms with Gasteiger partial charge in [0, 0.05) is 32.4 Å². The van der Waals surface area contributed by atoms with E-state index in [4.69, 9.17) is 14.2 Å². The molecule has 3 saturated heterocycles. The second kappa shape index (κ2) is 6.94. The van der Waals surface area contributed by atoms with E-state index in [1.54, 1.807) is 4.90 Å². The number of hydrogen-bond acceptors (Lipinski definition) is 4. The Morgan fingerprint density at radius 2 is 2.00 bits per heavy atom. The monoisotopic (exact) mass is 327 g/mol. The van der Waals surface area contributed by atoms with Crippen LogP contribution in [0.2, 0.25) is 0 Å². The first-order chi connectivity index (χ1) is 11.3. The Bertz CT molecular complexity index is 405. The molecule has 6 unspecified atom stereocenters. The van der Waals surface area contributed by atoms with Crippen LogP contribution >= 0.6 is 0 Å². The maximum atomic E-state index is 5.98. The fourth-order valence-electron chi connectivity index (χ4n) is 5.42. The fraction of sp³-hybridized carbons (Fsp3) is 1.00. The normalized spacial score (nSPS) is 48.0. The van der Waals surface area contributed by atoms with E-state index in [2.05, 4.69) is 17.7 Å². The molecule has 0 aromatic rings. The van der Waals surface area contributed by atoms with Crippen molar-refractivity contribution in [2.45, 2.75) is 56.2 Å². The standard InChI is InChI=1S/C17H31N3O3/c1-20-8-5-11-9-13-15(23-10-22-13)16(21-2)14(11)17(20)19-12-3-6-18-7-4-12/h11-19H,3-10H2,1-2H3/p+2/t11?,13?,14?,15?,16?,17-/m0/s1. The molecule has 0 spiro atoms. The Morgan fingerprint density at radius 1 is 1.17 bits per heavy atom. The molecular formula is C17H33N3O3+2. The third-order valence-corrected chi connectivity index (χ3v) is 6.64. The van der Waals surface area contributed by atoms with Crippen molar-refractivity contribution < 1.29 is 24.4 Å². The van der Waals surface area contributed by atoms with Crippen LogP contribution in [-0.2, 0) is 14.2 Å². The lowest BCUT2D eigenvalue weighted by atomic mass is 9.69. The number of hydrogen-bond donors (Lipinski definition) is 3. The maximum absolute atomic E-state index is 5.98. The summed E-state index contributed by atoms with van der Waals surface area (Å²) in [4.78, 5) is 1.61. The number of methoxy groups -OCH3 is 1. The molecule has 1 aliphatic carbocycles. The van der Waals surface area contributed by atoms with Gasteiger partial charge in [0.2, 0.25) is 0 Å². The van der Waals surface area contributed by atoms with E-state index in [9.17, 15) is 0 Å². The highest BCUT2D eigenvalue weighted by atomic mass is 16.7. The van der Waals surface area contributed by atoms with Crippen LogP contribution in [0.5, 0.6) is 0 Å². The summed E-state index contributed by atoms with van der Waals surface area (Å²) in [5.41, 5.74) is 0. The number of piperidine rings is 2. The molecule has 3 heterocycles. The highest BCUT2D eigenvalue weighted by Crippen LogP contribution is 2.41. The van der Waals surface area contributed by atoms with Crippen molar-refractivity contribution in [1.29, 1.82) is 0 Å². The SMILES string of the molecule is COC1C2OCOC2CC2CC[NH+](C)[C@H](NC3CC[NH2+]CC3)C21. The predicted octanol–water partition coefficient (Wildman–Crippen LogP) is -2.06. The van der Waals surface area contributed by atoms with Gasteiger partial charge in [-0.1, -0.05) is 0 Å². The Kier molecular flexibility index (Phi) is 4.90. The summed E-state index contributed by atoms with van der Waals surface area (Å²) < 4.78 is 17.7. The van der Waals surface area contributed by atoms with Crippen molar-refractivity contribution in [3.05, 3.63) is 0 Å². The Morgan fingerprint density at radius 3 is 2.78 bits per heavy atom. The zero-order valence-electron chi connectivity index (χ0n) is 14.5. The third-order valence-electron chi connectivity index (χ3n) is 6.64. The smallest absolute Gasteiger partial charge is 0.147 e. The molecule has 4 fully saturated rings. The zero-order chi connectivity index (χ0) is 15.8. The molecule has 6 heteroatoms. The summed E-state index contributed by atoms with van der Waals surface area (Å²) in [5.74, 6) is 1.22. The summed E-state index contributed by atoms with van der Waals surface area (Å²) in [6, 6.07) is 0.662. The molecule has 6 nitrogen and oxygen atoms in total. The number of likely N-dealkylation sites (tertiary alicyclic amines) is 1. The van der Waals surface area contributed by atoms with Crippen LogP contribution in [0.15, 0.2) is 0 Å². The summed E-state index contributed by atoms with van der Waals surface area (Å²) in [7, 11) is 4.19. The number of quaternary nitrogens is 2. The van der Waals surface area contributed by atoms with Gasteiger partial charge in [0.25, 0.3) is 0 Å². The van der Waals surface area contributed by atoms with Gasteiger partial charge >= 0.3 is 0 Å². The van der Waals surface area contributed by atoms with Gasteiger partial charge < -0.3 is 24.4 Å². The average Bonchev–Trinajstić information content (AvgIpc) is 3.04. The average molecular weight is 327 g/mol. The van der Waals surface area contributed by atoms with E-state index < -0.39 is 0 Å². The molecule has 23 heavy (non-hydrogen) atoms. The second-order valence-corrected chi connectivity index (χ2v) is 7.90. The van der Waals surface area contributed by atoms with Gasteiger partial charge in [-0.15, -0.1) is 0 Å². The first kappa shape index (κ1) is 16.2. The van der Waals surface area contributed by atoms with Crippen molar-refractivity contribution in [3.8, 4) is 0 Å². The first-order valence-electron chi connectivity index (χ1n) is 9.44. The van der Waals surface area contributed by atoms with Gasteiger partial charge in [-0.3, -0.25) is 5.32 Å². The maximum Gasteiger partial charge on any atom is 0.147 e. The van der Waals surface area contributed by atoms with Gasteiger partial charge in [-0.2, -0.15) is 0 Å². The van der Waals surface area contributed by atoms with E-state index in [1.807, 2.05) is 7.11 Å². The minimum Gasteiger partial charge on any atom is -0.378 e. The molecule has 4 aliphatic rings. The number of nitrogens with two attached hydrogens (primary N) is 1. The fourth-order valence-corrected chi connectivity index (χ4v) is 5.42. The van der Waals surface area contributed by atoms with Gasteiger partial charge in [0.15, 0.2) is 0 Å². The Hall–Kier alpha value is -0.240. The van der Waals surface area contributed by atoms with Crippen molar-refractivity contribution in [1.82, 2.24) is 5.32 Å². The summed E-state index contributed by atoms with van der Waals surface area (Å²) in [5, 5.41) is 6.45. The van der Waals surface area contributed by atoms with Gasteiger partial charge in [-0.25, -0.2) is 0 Å². The zero-order valence-corrected chi connectivity index (χ0v) is 14.5. The highest BCUT2D eigenvalue weighted by molar-refractivity contribution is 4.99. The lowest BCUT2D eigenvalue weighted by Crippen LogP contribution is -3.18. The summed E-state index contributed by atoms with van der Waals surface area (Å²) >= 11 is 0. The Labute approximate surface area is 139 Å². The molecule has 0 aromatic heterocycles. The molecular weight excluding hydrogens is 294 g/mol. The largest absolute Gasteiger partial charge is 0.378 e. The van der Waals surface area contributed by atoms with Crippen molar-refractivity contribution in [2.75, 3.05) is 40.6 Å². The predicted molar refractivity (Wildman–Crippen MR) is 85.0 cm³/mol. The van der Waals surface area contributed by atoms with Crippen LogP contribution in [0.25, 0.3) is 0 Å². The number of ether oxygens (including phenoxy) is 3. The van der Waals surface area contributed by atoms with Gasteiger partial charge in [-0.05, 0) is 12.3 Å². The molecule has 4 rings (SSSR count). The summed E-state index contributed by atoms with van der Waals surface area (Å²) in [6.45, 7) is 4.19. The molecule has 7 atom stereocenters. The summed E-state index contributed by atoms with van der Waals surface area (Å²) in [6.07, 6.45) is 5.98. The van der Waals surface area contributed by atoms with Crippen LogP contribution in [0.3, 0.4) is 0 Å². The number of nitrogens with one attached hydrogen (secondary N) is 2. The van der Waals surface area contributed by atoms with Crippen LogP contribution < -0.4 is 15.5 Å². The molecule has 0 radical (unpaired) electrons.